The van der Waals surface area contributed by atoms with E-state index >= 15 is 0 Å². The first-order chi connectivity index (χ1) is 24.1. The van der Waals surface area contributed by atoms with Gasteiger partial charge in [0.2, 0.25) is 5.95 Å². The van der Waals surface area contributed by atoms with Crippen molar-refractivity contribution in [2.45, 2.75) is 38.1 Å². The number of imidazole rings is 1. The Balaban J connectivity index is 0.00000432. The van der Waals surface area contributed by atoms with E-state index in [1.54, 1.807) is 7.11 Å². The highest BCUT2D eigenvalue weighted by Gasteiger charge is 2.42. The van der Waals surface area contributed by atoms with Gasteiger partial charge in [0.05, 0.1) is 30.3 Å². The molecule has 1 atom stereocenters. The Kier molecular flexibility index (Phi) is 11.3. The van der Waals surface area contributed by atoms with E-state index in [9.17, 15) is 4.79 Å². The van der Waals surface area contributed by atoms with Crippen molar-refractivity contribution in [2.75, 3.05) is 71.0 Å². The summed E-state index contributed by atoms with van der Waals surface area (Å²) >= 11 is 0. The Morgan fingerprint density at radius 1 is 0.960 bits per heavy atom. The van der Waals surface area contributed by atoms with Gasteiger partial charge in [-0.3, -0.25) is 4.79 Å². The molecular formula is C37H46ClN9O3. The fraction of sp³-hybridized carbons (Fsp3) is 0.432. The van der Waals surface area contributed by atoms with Crippen LogP contribution in [0.15, 0.2) is 72.8 Å². The number of carbonyl (C=O) groups excluding carboxylic acids is 1. The lowest BCUT2D eigenvalue weighted by molar-refractivity contribution is 0.0777. The summed E-state index contributed by atoms with van der Waals surface area (Å²) in [6.07, 6.45) is 2.93. The van der Waals surface area contributed by atoms with E-state index in [0.29, 0.717) is 43.4 Å². The van der Waals surface area contributed by atoms with Crippen LogP contribution in [-0.4, -0.2) is 112 Å². The average molecular weight is 700 g/mol. The van der Waals surface area contributed by atoms with Crippen molar-refractivity contribution in [1.82, 2.24) is 40.0 Å². The summed E-state index contributed by atoms with van der Waals surface area (Å²) in [4.78, 5) is 26.2. The number of nitrogens with zero attached hydrogens (tertiary/aromatic N) is 8. The molecule has 12 nitrogen and oxygen atoms in total. The first-order valence-electron chi connectivity index (χ1n) is 17.4. The molecule has 3 aromatic carbocycles. The minimum absolute atomic E-state index is 0. The van der Waals surface area contributed by atoms with Crippen LogP contribution < -0.4 is 9.64 Å². The maximum atomic E-state index is 14.1. The van der Waals surface area contributed by atoms with Crippen molar-refractivity contribution in [1.29, 1.82) is 0 Å². The van der Waals surface area contributed by atoms with Gasteiger partial charge in [0.1, 0.15) is 5.75 Å². The van der Waals surface area contributed by atoms with E-state index in [1.807, 2.05) is 30.0 Å². The number of rotatable bonds is 12. The number of likely N-dealkylation sites (tertiary alicyclic amines) is 1. The maximum absolute atomic E-state index is 14.1. The van der Waals surface area contributed by atoms with Gasteiger partial charge in [-0.25, -0.2) is 10.1 Å². The number of H-pyrrole nitrogens is 1. The molecule has 13 heteroatoms. The van der Waals surface area contributed by atoms with Crippen molar-refractivity contribution in [3.63, 3.8) is 0 Å². The van der Waals surface area contributed by atoms with Crippen LogP contribution in [-0.2, 0) is 16.7 Å². The highest BCUT2D eigenvalue weighted by Crippen LogP contribution is 2.39. The number of fused-ring (bicyclic) bond motifs is 1. The number of para-hydroxylation sites is 2. The van der Waals surface area contributed by atoms with E-state index in [-0.39, 0.29) is 23.7 Å². The Morgan fingerprint density at radius 3 is 2.60 bits per heavy atom. The van der Waals surface area contributed by atoms with E-state index in [0.717, 1.165) is 81.1 Å². The number of carbonyl (C=O) groups is 1. The number of aromatic nitrogens is 6. The molecular weight excluding hydrogens is 654 g/mol. The van der Waals surface area contributed by atoms with Gasteiger partial charge in [0.25, 0.3) is 5.91 Å². The zero-order valence-electron chi connectivity index (χ0n) is 28.8. The van der Waals surface area contributed by atoms with Gasteiger partial charge >= 0.3 is 0 Å². The highest BCUT2D eigenvalue weighted by atomic mass is 35.5. The predicted octanol–water partition coefficient (Wildman–Crippen LogP) is 5.07. The maximum Gasteiger partial charge on any atom is 0.257 e. The molecule has 1 unspecified atom stereocenters. The van der Waals surface area contributed by atoms with Crippen LogP contribution in [0, 0.1) is 0 Å². The molecule has 7 rings (SSSR count). The number of methoxy groups -OCH3 is 1. The fourth-order valence-corrected chi connectivity index (χ4v) is 7.49. The molecule has 2 saturated heterocycles. The SMILES string of the molecule is CCOCCn1c(N2CCCN(CCC3(c4ccccc4)CCN(C(=O)c4cc(-c5nnn[nH]5)ccc4OC)C3)CC2)nc2ccccc21.Cl. The van der Waals surface area contributed by atoms with E-state index in [2.05, 4.69) is 89.6 Å². The van der Waals surface area contributed by atoms with Crippen LogP contribution in [0.1, 0.15) is 42.1 Å². The molecule has 0 saturated carbocycles. The van der Waals surface area contributed by atoms with E-state index < -0.39 is 0 Å². The van der Waals surface area contributed by atoms with Crippen molar-refractivity contribution in [3.8, 4) is 17.1 Å². The van der Waals surface area contributed by atoms with Gasteiger partial charge in [-0.15, -0.1) is 17.5 Å². The summed E-state index contributed by atoms with van der Waals surface area (Å²) in [5, 5.41) is 14.2. The minimum atomic E-state index is -0.143. The summed E-state index contributed by atoms with van der Waals surface area (Å²) in [7, 11) is 1.60. The summed E-state index contributed by atoms with van der Waals surface area (Å²) in [5.74, 6) is 2.05. The molecule has 0 bridgehead atoms. The van der Waals surface area contributed by atoms with Crippen molar-refractivity contribution >= 4 is 35.3 Å². The number of hydrogen-bond donors (Lipinski definition) is 1. The van der Waals surface area contributed by atoms with Gasteiger partial charge in [-0.1, -0.05) is 42.5 Å². The topological polar surface area (TPSA) is 118 Å². The van der Waals surface area contributed by atoms with Gasteiger partial charge in [0.15, 0.2) is 5.82 Å². The molecule has 50 heavy (non-hydrogen) atoms. The largest absolute Gasteiger partial charge is 0.496 e. The molecule has 0 aliphatic carbocycles. The molecule has 1 N–H and O–H groups in total. The molecule has 2 aliphatic rings. The van der Waals surface area contributed by atoms with E-state index in [4.69, 9.17) is 14.5 Å². The zero-order chi connectivity index (χ0) is 33.6. The van der Waals surface area contributed by atoms with Gasteiger partial charge in [-0.05, 0) is 85.6 Å². The van der Waals surface area contributed by atoms with Crippen molar-refractivity contribution in [3.05, 3.63) is 83.9 Å². The molecule has 264 valence electrons. The number of amides is 1. The lowest BCUT2D eigenvalue weighted by Gasteiger charge is -2.33. The lowest BCUT2D eigenvalue weighted by atomic mass is 9.76. The van der Waals surface area contributed by atoms with Crippen LogP contribution in [0.3, 0.4) is 0 Å². The Bertz CT molecular complexity index is 1850. The third-order valence-electron chi connectivity index (χ3n) is 10.2. The third-order valence-corrected chi connectivity index (χ3v) is 10.2. The van der Waals surface area contributed by atoms with Gasteiger partial charge in [-0.2, -0.15) is 0 Å². The number of tetrazole rings is 1. The zero-order valence-corrected chi connectivity index (χ0v) is 29.6. The van der Waals surface area contributed by atoms with Crippen molar-refractivity contribution < 1.29 is 14.3 Å². The van der Waals surface area contributed by atoms with Gasteiger partial charge < -0.3 is 28.7 Å². The molecule has 2 aromatic heterocycles. The van der Waals surface area contributed by atoms with Crippen LogP contribution in [0.4, 0.5) is 5.95 Å². The quantitative estimate of drug-likeness (QED) is 0.178. The molecule has 0 spiro atoms. The number of aromatic amines is 1. The Morgan fingerprint density at radius 2 is 1.80 bits per heavy atom. The molecule has 0 radical (unpaired) electrons. The smallest absolute Gasteiger partial charge is 0.257 e. The predicted molar refractivity (Wildman–Crippen MR) is 196 cm³/mol. The number of benzene rings is 3. The second-order valence-electron chi connectivity index (χ2n) is 13.0. The average Bonchev–Trinajstić information content (AvgIpc) is 3.88. The standard InChI is InChI=1S/C37H45N9O3.ClH/c1-3-49-25-24-46-32-13-8-7-12-31(32)38-36(46)44-19-9-18-43(22-23-44)20-16-37(29-10-5-4-6-11-29)17-21-45(27-37)35(47)30-26-28(14-15-33(30)48-2)34-39-41-42-40-34;/h4-8,10-15,26H,3,9,16-25,27H2,1-2H3,(H,39,40,41,42);1H. The first kappa shape index (κ1) is 35.3. The lowest BCUT2D eigenvalue weighted by Crippen LogP contribution is -2.39. The second-order valence-corrected chi connectivity index (χ2v) is 13.0. The Labute approximate surface area is 299 Å². The summed E-state index contributed by atoms with van der Waals surface area (Å²) in [6.45, 7) is 10.4. The van der Waals surface area contributed by atoms with Crippen LogP contribution >= 0.6 is 12.4 Å². The first-order valence-corrected chi connectivity index (χ1v) is 17.4. The monoisotopic (exact) mass is 699 g/mol. The highest BCUT2D eigenvalue weighted by molar-refractivity contribution is 5.98. The Hall–Kier alpha value is -4.52. The molecule has 4 heterocycles. The number of ether oxygens (including phenoxy) is 2. The van der Waals surface area contributed by atoms with Crippen LogP contribution in [0.2, 0.25) is 0 Å². The minimum Gasteiger partial charge on any atom is -0.496 e. The van der Waals surface area contributed by atoms with Crippen LogP contribution in [0.5, 0.6) is 5.75 Å². The molecule has 2 fully saturated rings. The van der Waals surface area contributed by atoms with E-state index in [1.165, 1.54) is 5.56 Å². The van der Waals surface area contributed by atoms with Crippen molar-refractivity contribution in [2.24, 2.45) is 0 Å². The number of nitrogens with one attached hydrogen (secondary N) is 1. The normalized spacial score (nSPS) is 18.3. The van der Waals surface area contributed by atoms with Crippen LogP contribution in [0.25, 0.3) is 22.4 Å². The number of hydrogen-bond acceptors (Lipinski definition) is 9. The summed E-state index contributed by atoms with van der Waals surface area (Å²) in [6, 6.07) is 24.6. The number of anilines is 1. The fourth-order valence-electron chi connectivity index (χ4n) is 7.49. The van der Waals surface area contributed by atoms with Gasteiger partial charge in [0, 0.05) is 56.9 Å². The molecule has 1 amide bonds. The summed E-state index contributed by atoms with van der Waals surface area (Å²) in [5.41, 5.74) is 4.58. The molecule has 5 aromatic rings. The third kappa shape index (κ3) is 7.33. The molecule has 2 aliphatic heterocycles. The summed E-state index contributed by atoms with van der Waals surface area (Å²) < 4.78 is 13.7. The number of halogens is 1. The second kappa shape index (κ2) is 16.0.